The smallest absolute Gasteiger partial charge is 0.0165 e. The lowest BCUT2D eigenvalue weighted by Crippen LogP contribution is -2.29. The minimum Gasteiger partial charge on any atom is -0.312 e. The number of likely N-dealkylation sites (N-methyl/N-ethyl adjacent to an activating group) is 1. The Morgan fingerprint density at radius 2 is 2.13 bits per heavy atom. The van der Waals surface area contributed by atoms with E-state index in [0.717, 1.165) is 26.2 Å². The van der Waals surface area contributed by atoms with Crippen molar-refractivity contribution in [1.82, 2.24) is 10.2 Å². The molecule has 0 heterocycles. The van der Waals surface area contributed by atoms with Crippen molar-refractivity contribution in [2.24, 2.45) is 0 Å². The summed E-state index contributed by atoms with van der Waals surface area (Å²) in [6, 6.07) is 0. The molecule has 0 amide bonds. The van der Waals surface area contributed by atoms with Crippen molar-refractivity contribution in [3.05, 3.63) is 36.5 Å². The van der Waals surface area contributed by atoms with Crippen LogP contribution < -0.4 is 5.32 Å². The Morgan fingerprint density at radius 1 is 1.40 bits per heavy atom. The van der Waals surface area contributed by atoms with Crippen LogP contribution in [0.2, 0.25) is 0 Å². The molecule has 0 radical (unpaired) electrons. The van der Waals surface area contributed by atoms with Gasteiger partial charge in [0.05, 0.1) is 0 Å². The normalized spacial score (nSPS) is 12.7. The summed E-state index contributed by atoms with van der Waals surface area (Å²) in [5.74, 6) is 0. The third-order valence-corrected chi connectivity index (χ3v) is 2.24. The highest BCUT2D eigenvalue weighted by atomic mass is 15.1. The lowest BCUT2D eigenvalue weighted by atomic mass is 10.2. The van der Waals surface area contributed by atoms with Gasteiger partial charge < -0.3 is 10.2 Å². The molecule has 0 aliphatic heterocycles. The Bertz CT molecular complexity index is 217. The van der Waals surface area contributed by atoms with Crippen LogP contribution in [0.15, 0.2) is 36.5 Å². The monoisotopic (exact) mass is 208 g/mol. The van der Waals surface area contributed by atoms with E-state index < -0.39 is 0 Å². The number of allylic oxidation sites excluding steroid dienone is 4. The van der Waals surface area contributed by atoms with Crippen LogP contribution >= 0.6 is 0 Å². The molecule has 2 nitrogen and oxygen atoms in total. The zero-order valence-corrected chi connectivity index (χ0v) is 10.3. The first kappa shape index (κ1) is 14.1. The molecule has 0 aromatic carbocycles. The van der Waals surface area contributed by atoms with Crippen molar-refractivity contribution < 1.29 is 0 Å². The summed E-state index contributed by atoms with van der Waals surface area (Å²) >= 11 is 0. The molecule has 2 heteroatoms. The molecule has 0 fully saturated rings. The zero-order chi connectivity index (χ0) is 11.5. The maximum absolute atomic E-state index is 3.62. The molecule has 1 N–H and O–H groups in total. The molecule has 0 aliphatic carbocycles. The van der Waals surface area contributed by atoms with Gasteiger partial charge in [0.1, 0.15) is 0 Å². The molecule has 0 aliphatic rings. The molecule has 0 saturated heterocycles. The Morgan fingerprint density at radius 3 is 2.73 bits per heavy atom. The van der Waals surface area contributed by atoms with Crippen LogP contribution in [-0.4, -0.2) is 38.1 Å². The van der Waals surface area contributed by atoms with Gasteiger partial charge in [-0.3, -0.25) is 0 Å². The van der Waals surface area contributed by atoms with Gasteiger partial charge in [0.2, 0.25) is 0 Å². The van der Waals surface area contributed by atoms with Crippen LogP contribution in [0.3, 0.4) is 0 Å². The minimum absolute atomic E-state index is 0.957. The molecule has 0 unspecified atom stereocenters. The Kier molecular flexibility index (Phi) is 9.13. The van der Waals surface area contributed by atoms with E-state index in [0.29, 0.717) is 0 Å². The summed E-state index contributed by atoms with van der Waals surface area (Å²) < 4.78 is 0. The SMILES string of the molecule is C=C/C=C\C=C(/C)CNCCN(C)CC. The van der Waals surface area contributed by atoms with Gasteiger partial charge in [0, 0.05) is 19.6 Å². The highest BCUT2D eigenvalue weighted by Crippen LogP contribution is 1.90. The summed E-state index contributed by atoms with van der Waals surface area (Å²) in [7, 11) is 2.14. The van der Waals surface area contributed by atoms with E-state index in [1.165, 1.54) is 5.57 Å². The summed E-state index contributed by atoms with van der Waals surface area (Å²) in [5, 5.41) is 3.41. The van der Waals surface area contributed by atoms with Crippen molar-refractivity contribution >= 4 is 0 Å². The summed E-state index contributed by atoms with van der Waals surface area (Å²) in [4.78, 5) is 2.30. The molecule has 0 bridgehead atoms. The van der Waals surface area contributed by atoms with Crippen LogP contribution in [0, 0.1) is 0 Å². The number of nitrogens with one attached hydrogen (secondary N) is 1. The van der Waals surface area contributed by atoms with E-state index in [1.54, 1.807) is 6.08 Å². The predicted molar refractivity (Wildman–Crippen MR) is 69.1 cm³/mol. The maximum atomic E-state index is 3.62. The van der Waals surface area contributed by atoms with Gasteiger partial charge in [0.25, 0.3) is 0 Å². The highest BCUT2D eigenvalue weighted by Gasteiger charge is 1.93. The quantitative estimate of drug-likeness (QED) is 0.486. The third-order valence-electron chi connectivity index (χ3n) is 2.24. The first-order chi connectivity index (χ1) is 7.20. The number of rotatable bonds is 8. The van der Waals surface area contributed by atoms with Crippen molar-refractivity contribution in [2.45, 2.75) is 13.8 Å². The number of hydrogen-bond acceptors (Lipinski definition) is 2. The third kappa shape index (κ3) is 9.44. The molecular weight excluding hydrogens is 184 g/mol. The van der Waals surface area contributed by atoms with Crippen molar-refractivity contribution in [2.75, 3.05) is 33.2 Å². The minimum atomic E-state index is 0.957. The van der Waals surface area contributed by atoms with Crippen LogP contribution in [0.4, 0.5) is 0 Å². The van der Waals surface area contributed by atoms with Gasteiger partial charge in [-0.1, -0.05) is 43.4 Å². The summed E-state index contributed by atoms with van der Waals surface area (Å²) in [6.07, 6.45) is 7.85. The maximum Gasteiger partial charge on any atom is 0.0165 e. The zero-order valence-electron chi connectivity index (χ0n) is 10.3. The first-order valence-corrected chi connectivity index (χ1v) is 5.54. The molecular formula is C13H24N2. The molecule has 0 atom stereocenters. The second-order valence-corrected chi connectivity index (χ2v) is 3.71. The Balaban J connectivity index is 3.54. The van der Waals surface area contributed by atoms with E-state index >= 15 is 0 Å². The van der Waals surface area contributed by atoms with E-state index in [-0.39, 0.29) is 0 Å². The van der Waals surface area contributed by atoms with Crippen molar-refractivity contribution in [3.63, 3.8) is 0 Å². The Labute approximate surface area is 94.4 Å². The van der Waals surface area contributed by atoms with Gasteiger partial charge in [-0.05, 0) is 20.5 Å². The van der Waals surface area contributed by atoms with Crippen molar-refractivity contribution in [1.29, 1.82) is 0 Å². The lowest BCUT2D eigenvalue weighted by Gasteiger charge is -2.13. The Hall–Kier alpha value is -0.860. The van der Waals surface area contributed by atoms with E-state index in [2.05, 4.69) is 43.8 Å². The fourth-order valence-corrected chi connectivity index (χ4v) is 1.07. The van der Waals surface area contributed by atoms with Crippen molar-refractivity contribution in [3.8, 4) is 0 Å². The average molecular weight is 208 g/mol. The highest BCUT2D eigenvalue weighted by molar-refractivity contribution is 5.14. The predicted octanol–water partition coefficient (Wildman–Crippen LogP) is 2.22. The van der Waals surface area contributed by atoms with Crippen LogP contribution in [0.5, 0.6) is 0 Å². The second-order valence-electron chi connectivity index (χ2n) is 3.71. The van der Waals surface area contributed by atoms with E-state index in [1.807, 2.05) is 12.2 Å². The largest absolute Gasteiger partial charge is 0.312 e. The lowest BCUT2D eigenvalue weighted by molar-refractivity contribution is 0.351. The fraction of sp³-hybridized carbons (Fsp3) is 0.538. The standard InChI is InChI=1S/C13H24N2/c1-5-7-8-9-13(3)12-14-10-11-15(4)6-2/h5,7-9,14H,1,6,10-12H2,2-4H3/b8-7-,13-9+. The topological polar surface area (TPSA) is 15.3 Å². The number of hydrogen-bond donors (Lipinski definition) is 1. The molecule has 0 aromatic heterocycles. The second kappa shape index (κ2) is 9.69. The number of nitrogens with zero attached hydrogens (tertiary/aromatic N) is 1. The van der Waals surface area contributed by atoms with Gasteiger partial charge in [-0.2, -0.15) is 0 Å². The molecule has 0 aromatic rings. The van der Waals surface area contributed by atoms with Gasteiger partial charge in [0.15, 0.2) is 0 Å². The molecule has 86 valence electrons. The summed E-state index contributed by atoms with van der Waals surface area (Å²) in [6.45, 7) is 12.1. The van der Waals surface area contributed by atoms with Gasteiger partial charge in [-0.15, -0.1) is 0 Å². The van der Waals surface area contributed by atoms with Crippen LogP contribution in [0.25, 0.3) is 0 Å². The average Bonchev–Trinajstić information content (AvgIpc) is 2.24. The molecule has 0 spiro atoms. The summed E-state index contributed by atoms with van der Waals surface area (Å²) in [5.41, 5.74) is 1.34. The van der Waals surface area contributed by atoms with Crippen LogP contribution in [0.1, 0.15) is 13.8 Å². The van der Waals surface area contributed by atoms with E-state index in [4.69, 9.17) is 0 Å². The van der Waals surface area contributed by atoms with Gasteiger partial charge in [-0.25, -0.2) is 0 Å². The molecule has 15 heavy (non-hydrogen) atoms. The molecule has 0 saturated carbocycles. The van der Waals surface area contributed by atoms with Gasteiger partial charge >= 0.3 is 0 Å². The molecule has 0 rings (SSSR count). The van der Waals surface area contributed by atoms with Crippen LogP contribution in [-0.2, 0) is 0 Å². The fourth-order valence-electron chi connectivity index (χ4n) is 1.07. The first-order valence-electron chi connectivity index (χ1n) is 5.54. The van der Waals surface area contributed by atoms with E-state index in [9.17, 15) is 0 Å².